The molecule has 0 aliphatic rings. The van der Waals surface area contributed by atoms with Gasteiger partial charge in [-0.3, -0.25) is 0 Å². The maximum absolute atomic E-state index is 12.0. The summed E-state index contributed by atoms with van der Waals surface area (Å²) in [5.74, 6) is 0.182. The fourth-order valence-corrected chi connectivity index (χ4v) is 2.22. The Balaban J connectivity index is 2.05. The molecule has 0 N–H and O–H groups in total. The molecule has 0 amide bonds. The van der Waals surface area contributed by atoms with Crippen molar-refractivity contribution < 1.29 is 14.3 Å². The van der Waals surface area contributed by atoms with Crippen LogP contribution in [0.15, 0.2) is 36.4 Å². The van der Waals surface area contributed by atoms with Gasteiger partial charge in [-0.25, -0.2) is 4.79 Å². The Kier molecular flexibility index (Phi) is 5.57. The molecule has 0 aromatic heterocycles. The molecule has 22 heavy (non-hydrogen) atoms. The van der Waals surface area contributed by atoms with Crippen LogP contribution in [0.5, 0.6) is 11.5 Å². The maximum atomic E-state index is 12.0. The molecule has 0 bridgehead atoms. The number of esters is 1. The van der Waals surface area contributed by atoms with Gasteiger partial charge in [0, 0.05) is 6.07 Å². The molecule has 0 fully saturated rings. The molecule has 0 heterocycles. The molecule has 2 aromatic rings. The van der Waals surface area contributed by atoms with Crippen LogP contribution in [0.3, 0.4) is 0 Å². The fraction of sp³-hybridized carbons (Fsp3) is 0.188. The number of carbonyl (C=O) groups is 1. The van der Waals surface area contributed by atoms with E-state index < -0.39 is 12.1 Å². The van der Waals surface area contributed by atoms with Crippen LogP contribution in [0, 0.1) is 6.92 Å². The van der Waals surface area contributed by atoms with Gasteiger partial charge in [0.05, 0.1) is 15.1 Å². The number of rotatable bonds is 4. The lowest BCUT2D eigenvalue weighted by Crippen LogP contribution is -2.28. The van der Waals surface area contributed by atoms with Crippen LogP contribution < -0.4 is 9.47 Å². The summed E-state index contributed by atoms with van der Waals surface area (Å²) < 4.78 is 10.7. The first-order valence-corrected chi connectivity index (χ1v) is 7.60. The number of hydrogen-bond donors (Lipinski definition) is 0. The SMILES string of the molecule is Cc1ccc(OC(=O)[C@@H](C)Oc2cc(Cl)c(Cl)cc2Cl)cc1. The number of hydrogen-bond acceptors (Lipinski definition) is 3. The maximum Gasteiger partial charge on any atom is 0.352 e. The van der Waals surface area contributed by atoms with Crippen molar-refractivity contribution in [1.82, 2.24) is 0 Å². The van der Waals surface area contributed by atoms with Gasteiger partial charge in [-0.05, 0) is 32.0 Å². The lowest BCUT2D eigenvalue weighted by atomic mass is 10.2. The summed E-state index contributed by atoms with van der Waals surface area (Å²) in [5.41, 5.74) is 1.08. The van der Waals surface area contributed by atoms with Crippen molar-refractivity contribution in [2.75, 3.05) is 0 Å². The summed E-state index contributed by atoms with van der Waals surface area (Å²) in [6.07, 6.45) is -0.851. The van der Waals surface area contributed by atoms with Crippen LogP contribution in [0.25, 0.3) is 0 Å². The van der Waals surface area contributed by atoms with Gasteiger partial charge in [-0.1, -0.05) is 52.5 Å². The zero-order chi connectivity index (χ0) is 16.3. The first-order chi connectivity index (χ1) is 10.4. The predicted octanol–water partition coefficient (Wildman–Crippen LogP) is 5.33. The quantitative estimate of drug-likeness (QED) is 0.420. The third-order valence-corrected chi connectivity index (χ3v) is 3.87. The summed E-state index contributed by atoms with van der Waals surface area (Å²) in [6, 6.07) is 10.0. The van der Waals surface area contributed by atoms with Gasteiger partial charge in [-0.15, -0.1) is 0 Å². The molecule has 0 saturated carbocycles. The van der Waals surface area contributed by atoms with E-state index in [2.05, 4.69) is 0 Å². The van der Waals surface area contributed by atoms with Crippen molar-refractivity contribution in [2.24, 2.45) is 0 Å². The third-order valence-electron chi connectivity index (χ3n) is 2.85. The van der Waals surface area contributed by atoms with Crippen LogP contribution in [0.1, 0.15) is 12.5 Å². The van der Waals surface area contributed by atoms with E-state index in [0.717, 1.165) is 5.56 Å². The predicted molar refractivity (Wildman–Crippen MR) is 88.4 cm³/mol. The molecular formula is C16H13Cl3O3. The van der Waals surface area contributed by atoms with Gasteiger partial charge >= 0.3 is 5.97 Å². The zero-order valence-corrected chi connectivity index (χ0v) is 14.2. The standard InChI is InChI=1S/C16H13Cl3O3/c1-9-3-5-11(6-4-9)22-16(20)10(2)21-15-8-13(18)12(17)7-14(15)19/h3-8,10H,1-2H3/t10-/m1/s1. The van der Waals surface area contributed by atoms with Crippen LogP contribution >= 0.6 is 34.8 Å². The number of halogens is 3. The fourth-order valence-electron chi connectivity index (χ4n) is 1.64. The first-order valence-electron chi connectivity index (χ1n) is 6.46. The number of aryl methyl sites for hydroxylation is 1. The van der Waals surface area contributed by atoms with Crippen molar-refractivity contribution in [2.45, 2.75) is 20.0 Å². The van der Waals surface area contributed by atoms with E-state index in [9.17, 15) is 4.79 Å². The molecule has 0 spiro atoms. The molecule has 0 saturated heterocycles. The minimum absolute atomic E-state index is 0.268. The molecule has 0 unspecified atom stereocenters. The second-order valence-electron chi connectivity index (χ2n) is 4.69. The summed E-state index contributed by atoms with van der Waals surface area (Å²) >= 11 is 17.8. The number of benzene rings is 2. The molecule has 116 valence electrons. The van der Waals surface area contributed by atoms with Gasteiger partial charge in [-0.2, -0.15) is 0 Å². The topological polar surface area (TPSA) is 35.5 Å². The summed E-state index contributed by atoms with van der Waals surface area (Å²) in [7, 11) is 0. The molecule has 0 aliphatic heterocycles. The normalized spacial score (nSPS) is 11.9. The average molecular weight is 360 g/mol. The molecule has 2 rings (SSSR count). The van der Waals surface area contributed by atoms with Crippen molar-refractivity contribution in [3.05, 3.63) is 57.0 Å². The van der Waals surface area contributed by atoms with E-state index in [1.807, 2.05) is 19.1 Å². The Bertz CT molecular complexity index is 684. The van der Waals surface area contributed by atoms with Crippen LogP contribution in [0.2, 0.25) is 15.1 Å². The summed E-state index contributed by atoms with van der Waals surface area (Å²) in [6.45, 7) is 3.51. The second kappa shape index (κ2) is 7.23. The molecule has 3 nitrogen and oxygen atoms in total. The van der Waals surface area contributed by atoms with Gasteiger partial charge in [0.1, 0.15) is 11.5 Å². The Morgan fingerprint density at radius 1 is 1.00 bits per heavy atom. The van der Waals surface area contributed by atoms with Crippen molar-refractivity contribution in [1.29, 1.82) is 0 Å². The minimum atomic E-state index is -0.851. The highest BCUT2D eigenvalue weighted by molar-refractivity contribution is 6.43. The number of ether oxygens (including phenoxy) is 2. The average Bonchev–Trinajstić information content (AvgIpc) is 2.47. The van der Waals surface area contributed by atoms with Crippen molar-refractivity contribution in [3.8, 4) is 11.5 Å². The molecular weight excluding hydrogens is 347 g/mol. The Hall–Kier alpha value is -1.42. The second-order valence-corrected chi connectivity index (χ2v) is 5.91. The van der Waals surface area contributed by atoms with Crippen molar-refractivity contribution in [3.63, 3.8) is 0 Å². The van der Waals surface area contributed by atoms with Gasteiger partial charge in [0.25, 0.3) is 0 Å². The minimum Gasteiger partial charge on any atom is -0.477 e. The smallest absolute Gasteiger partial charge is 0.352 e. The lowest BCUT2D eigenvalue weighted by Gasteiger charge is -2.15. The molecule has 0 aliphatic carbocycles. The van der Waals surface area contributed by atoms with Gasteiger partial charge < -0.3 is 9.47 Å². The van der Waals surface area contributed by atoms with Crippen LogP contribution in [-0.4, -0.2) is 12.1 Å². The van der Waals surface area contributed by atoms with Gasteiger partial charge in [0.15, 0.2) is 6.10 Å². The third kappa shape index (κ3) is 4.29. The van der Waals surface area contributed by atoms with E-state index in [4.69, 9.17) is 44.3 Å². The van der Waals surface area contributed by atoms with Crippen molar-refractivity contribution >= 4 is 40.8 Å². The van der Waals surface area contributed by atoms with E-state index in [-0.39, 0.29) is 10.8 Å². The van der Waals surface area contributed by atoms with Crippen LogP contribution in [0.4, 0.5) is 0 Å². The first kappa shape index (κ1) is 16.9. The zero-order valence-electron chi connectivity index (χ0n) is 11.9. The highest BCUT2D eigenvalue weighted by Crippen LogP contribution is 2.34. The highest BCUT2D eigenvalue weighted by Gasteiger charge is 2.19. The molecule has 2 aromatic carbocycles. The van der Waals surface area contributed by atoms with E-state index in [1.165, 1.54) is 12.1 Å². The molecule has 6 heteroatoms. The monoisotopic (exact) mass is 358 g/mol. The van der Waals surface area contributed by atoms with E-state index >= 15 is 0 Å². The largest absolute Gasteiger partial charge is 0.477 e. The Morgan fingerprint density at radius 3 is 2.23 bits per heavy atom. The van der Waals surface area contributed by atoms with Gasteiger partial charge in [0.2, 0.25) is 0 Å². The summed E-state index contributed by atoms with van der Waals surface area (Å²) in [5, 5.41) is 0.874. The van der Waals surface area contributed by atoms with E-state index in [0.29, 0.717) is 15.8 Å². The van der Waals surface area contributed by atoms with E-state index in [1.54, 1.807) is 19.1 Å². The van der Waals surface area contributed by atoms with Crippen LogP contribution in [-0.2, 0) is 4.79 Å². The Labute approximate surface area is 143 Å². The molecule has 0 radical (unpaired) electrons. The Morgan fingerprint density at radius 2 is 1.59 bits per heavy atom. The summed E-state index contributed by atoms with van der Waals surface area (Å²) in [4.78, 5) is 12.0. The molecule has 1 atom stereocenters. The highest BCUT2D eigenvalue weighted by atomic mass is 35.5. The lowest BCUT2D eigenvalue weighted by molar-refractivity contribution is -0.141. The number of carbonyl (C=O) groups excluding carboxylic acids is 1.